The van der Waals surface area contributed by atoms with Gasteiger partial charge in [-0.05, 0) is 23.8 Å². The summed E-state index contributed by atoms with van der Waals surface area (Å²) in [5.74, 6) is -0.693. The quantitative estimate of drug-likeness (QED) is 0.674. The van der Waals surface area contributed by atoms with Crippen molar-refractivity contribution >= 4 is 12.3 Å². The lowest BCUT2D eigenvalue weighted by atomic mass is 10.1. The molecule has 0 aromatic heterocycles. The number of carbonyl (C=O) groups is 2. The van der Waals surface area contributed by atoms with Crippen LogP contribution in [0.4, 0.5) is 0 Å². The monoisotopic (exact) mass is 256 g/mol. The van der Waals surface area contributed by atoms with Gasteiger partial charge >= 0.3 is 5.97 Å². The van der Waals surface area contributed by atoms with E-state index in [0.29, 0.717) is 6.29 Å². The Morgan fingerprint density at radius 2 is 1.89 bits per heavy atom. The van der Waals surface area contributed by atoms with Crippen molar-refractivity contribution in [1.82, 2.24) is 0 Å². The van der Waals surface area contributed by atoms with Gasteiger partial charge in [-0.3, -0.25) is 4.79 Å². The van der Waals surface area contributed by atoms with E-state index in [-0.39, 0.29) is 23.5 Å². The smallest absolute Gasteiger partial charge is 0.338 e. The second-order valence-corrected chi connectivity index (χ2v) is 3.95. The molecule has 0 atom stereocenters. The van der Waals surface area contributed by atoms with Crippen LogP contribution < -0.4 is 0 Å². The lowest BCUT2D eigenvalue weighted by Crippen LogP contribution is -2.05. The highest BCUT2D eigenvalue weighted by molar-refractivity contribution is 5.92. The highest BCUT2D eigenvalue weighted by Gasteiger charge is 2.10. The van der Waals surface area contributed by atoms with Crippen molar-refractivity contribution < 1.29 is 19.4 Å². The number of aldehydes is 1. The number of phenols is 1. The summed E-state index contributed by atoms with van der Waals surface area (Å²) in [6.07, 6.45) is 0.489. The van der Waals surface area contributed by atoms with Gasteiger partial charge in [-0.1, -0.05) is 30.3 Å². The molecule has 2 aromatic rings. The Hall–Kier alpha value is -2.62. The van der Waals surface area contributed by atoms with Crippen molar-refractivity contribution in [2.75, 3.05) is 0 Å². The first-order valence-corrected chi connectivity index (χ1v) is 5.70. The molecule has 0 spiro atoms. The molecule has 4 nitrogen and oxygen atoms in total. The summed E-state index contributed by atoms with van der Waals surface area (Å²) in [4.78, 5) is 22.4. The first-order chi connectivity index (χ1) is 9.20. The molecule has 0 heterocycles. The number of aromatic hydroxyl groups is 1. The predicted octanol–water partition coefficient (Wildman–Crippen LogP) is 2.56. The van der Waals surface area contributed by atoms with E-state index >= 15 is 0 Å². The Balaban J connectivity index is 2.06. The molecule has 96 valence electrons. The van der Waals surface area contributed by atoms with Gasteiger partial charge in [-0.25, -0.2) is 4.79 Å². The first kappa shape index (κ1) is 12.8. The fourth-order valence-corrected chi connectivity index (χ4v) is 1.58. The van der Waals surface area contributed by atoms with Crippen LogP contribution in [0.25, 0.3) is 0 Å². The van der Waals surface area contributed by atoms with Gasteiger partial charge in [-0.15, -0.1) is 0 Å². The minimum atomic E-state index is -0.535. The number of phenolic OH excluding ortho intramolecular Hbond substituents is 1. The molecule has 2 aromatic carbocycles. The van der Waals surface area contributed by atoms with E-state index in [9.17, 15) is 14.7 Å². The molecule has 19 heavy (non-hydrogen) atoms. The zero-order valence-corrected chi connectivity index (χ0v) is 10.1. The van der Waals surface area contributed by atoms with Crippen molar-refractivity contribution in [2.45, 2.75) is 6.61 Å². The minimum Gasteiger partial charge on any atom is -0.507 e. The van der Waals surface area contributed by atoms with Gasteiger partial charge in [0.15, 0.2) is 6.29 Å². The average molecular weight is 256 g/mol. The Morgan fingerprint density at radius 1 is 1.16 bits per heavy atom. The standard InChI is InChI=1S/C15H12O4/c16-9-13-8-12(6-7-14(13)17)15(18)19-10-11-4-2-1-3-5-11/h1-9,17H,10H2. The number of carbonyl (C=O) groups excluding carboxylic acids is 2. The molecule has 0 aliphatic heterocycles. The van der Waals surface area contributed by atoms with E-state index < -0.39 is 5.97 Å². The molecule has 0 saturated heterocycles. The topological polar surface area (TPSA) is 63.6 Å². The number of ether oxygens (including phenoxy) is 1. The third-order valence-corrected chi connectivity index (χ3v) is 2.60. The molecule has 0 aliphatic carbocycles. The van der Waals surface area contributed by atoms with Crippen LogP contribution in [0.3, 0.4) is 0 Å². The van der Waals surface area contributed by atoms with E-state index in [4.69, 9.17) is 4.74 Å². The molecule has 0 amide bonds. The van der Waals surface area contributed by atoms with Crippen LogP contribution in [-0.2, 0) is 11.3 Å². The van der Waals surface area contributed by atoms with E-state index in [0.717, 1.165) is 5.56 Å². The molecule has 4 heteroatoms. The molecule has 0 bridgehead atoms. The van der Waals surface area contributed by atoms with E-state index in [1.54, 1.807) is 0 Å². The van der Waals surface area contributed by atoms with Crippen LogP contribution in [0, 0.1) is 0 Å². The summed E-state index contributed by atoms with van der Waals surface area (Å²) < 4.78 is 5.12. The van der Waals surface area contributed by atoms with E-state index in [2.05, 4.69) is 0 Å². The molecule has 0 fully saturated rings. The summed E-state index contributed by atoms with van der Waals surface area (Å²) >= 11 is 0. The predicted molar refractivity (Wildman–Crippen MR) is 69.1 cm³/mol. The molecule has 0 saturated carbocycles. The molecule has 0 aliphatic rings. The first-order valence-electron chi connectivity index (χ1n) is 5.70. The summed E-state index contributed by atoms with van der Waals surface area (Å²) in [6, 6.07) is 13.3. The zero-order chi connectivity index (χ0) is 13.7. The van der Waals surface area contributed by atoms with Crippen molar-refractivity contribution in [3.05, 3.63) is 65.2 Å². The lowest BCUT2D eigenvalue weighted by Gasteiger charge is -2.06. The minimum absolute atomic E-state index is 0.0640. The fraction of sp³-hybridized carbons (Fsp3) is 0.0667. The van der Waals surface area contributed by atoms with Gasteiger partial charge in [0.1, 0.15) is 12.4 Å². The van der Waals surface area contributed by atoms with Crippen LogP contribution in [-0.4, -0.2) is 17.4 Å². The molecular formula is C15H12O4. The lowest BCUT2D eigenvalue weighted by molar-refractivity contribution is 0.0472. The van der Waals surface area contributed by atoms with Gasteiger partial charge in [0, 0.05) is 0 Å². The highest BCUT2D eigenvalue weighted by atomic mass is 16.5. The van der Waals surface area contributed by atoms with E-state index in [1.807, 2.05) is 30.3 Å². The van der Waals surface area contributed by atoms with Crippen molar-refractivity contribution in [3.8, 4) is 5.75 Å². The van der Waals surface area contributed by atoms with Gasteiger partial charge in [0.25, 0.3) is 0 Å². The highest BCUT2D eigenvalue weighted by Crippen LogP contribution is 2.17. The summed E-state index contributed by atoms with van der Waals surface area (Å²) in [5.41, 5.74) is 1.18. The molecule has 1 N–H and O–H groups in total. The van der Waals surface area contributed by atoms with Crippen LogP contribution in [0.1, 0.15) is 26.3 Å². The molecule has 0 unspecified atom stereocenters. The maximum absolute atomic E-state index is 11.8. The summed E-state index contributed by atoms with van der Waals surface area (Å²) in [6.45, 7) is 0.164. The van der Waals surface area contributed by atoms with Gasteiger partial charge in [-0.2, -0.15) is 0 Å². The largest absolute Gasteiger partial charge is 0.507 e. The Bertz CT molecular complexity index is 590. The maximum atomic E-state index is 11.8. The van der Waals surface area contributed by atoms with Crippen LogP contribution in [0.2, 0.25) is 0 Å². The van der Waals surface area contributed by atoms with Crippen LogP contribution >= 0.6 is 0 Å². The molecular weight excluding hydrogens is 244 g/mol. The maximum Gasteiger partial charge on any atom is 0.338 e. The SMILES string of the molecule is O=Cc1cc(C(=O)OCc2ccccc2)ccc1O. The second-order valence-electron chi connectivity index (χ2n) is 3.95. The molecule has 0 radical (unpaired) electrons. The van der Waals surface area contributed by atoms with Crippen LogP contribution in [0.5, 0.6) is 5.75 Å². The van der Waals surface area contributed by atoms with Crippen LogP contribution in [0.15, 0.2) is 48.5 Å². The number of rotatable bonds is 4. The van der Waals surface area contributed by atoms with Gasteiger partial charge in [0.2, 0.25) is 0 Å². The number of esters is 1. The third-order valence-electron chi connectivity index (χ3n) is 2.60. The Labute approximate surface area is 110 Å². The van der Waals surface area contributed by atoms with Gasteiger partial charge < -0.3 is 9.84 Å². The Morgan fingerprint density at radius 3 is 2.58 bits per heavy atom. The second kappa shape index (κ2) is 5.82. The molecule has 2 rings (SSSR count). The average Bonchev–Trinajstić information content (AvgIpc) is 2.46. The third kappa shape index (κ3) is 3.19. The van der Waals surface area contributed by atoms with Gasteiger partial charge in [0.05, 0.1) is 11.1 Å². The van der Waals surface area contributed by atoms with Crippen molar-refractivity contribution in [1.29, 1.82) is 0 Å². The summed E-state index contributed by atoms with van der Waals surface area (Å²) in [5, 5.41) is 9.34. The van der Waals surface area contributed by atoms with E-state index in [1.165, 1.54) is 18.2 Å². The number of benzene rings is 2. The zero-order valence-electron chi connectivity index (χ0n) is 10.1. The fourth-order valence-electron chi connectivity index (χ4n) is 1.58. The van der Waals surface area contributed by atoms with Crippen molar-refractivity contribution in [3.63, 3.8) is 0 Å². The number of hydrogen-bond acceptors (Lipinski definition) is 4. The normalized spacial score (nSPS) is 9.89. The van der Waals surface area contributed by atoms with Crippen molar-refractivity contribution in [2.24, 2.45) is 0 Å². The number of hydrogen-bond donors (Lipinski definition) is 1. The Kier molecular flexibility index (Phi) is 3.93. The summed E-state index contributed by atoms with van der Waals surface area (Å²) in [7, 11) is 0.